The van der Waals surface area contributed by atoms with Gasteiger partial charge in [0.1, 0.15) is 0 Å². The van der Waals surface area contributed by atoms with Crippen LogP contribution in [0, 0.1) is 6.92 Å². The number of hydrogen-bond acceptors (Lipinski definition) is 7. The van der Waals surface area contributed by atoms with Crippen molar-refractivity contribution >= 4 is 0 Å². The molecule has 126 valence electrons. The lowest BCUT2D eigenvalue weighted by Crippen LogP contribution is -2.49. The first-order chi connectivity index (χ1) is 11.1. The number of aliphatic hydroxyl groups excluding tert-OH is 1. The van der Waals surface area contributed by atoms with Gasteiger partial charge in [0.25, 0.3) is 0 Å². The molecular weight excluding hydrogens is 296 g/mol. The van der Waals surface area contributed by atoms with E-state index in [-0.39, 0.29) is 6.04 Å². The first kappa shape index (κ1) is 16.1. The number of aromatic nitrogens is 4. The Morgan fingerprint density at radius 2 is 2.04 bits per heavy atom. The maximum Gasteiger partial charge on any atom is 0.243 e. The molecular formula is C15H24N6O2. The molecule has 3 heterocycles. The minimum Gasteiger partial charge on any atom is -0.390 e. The highest BCUT2D eigenvalue weighted by Gasteiger charge is 2.26. The van der Waals surface area contributed by atoms with Gasteiger partial charge in [-0.1, -0.05) is 5.16 Å². The van der Waals surface area contributed by atoms with Crippen LogP contribution < -0.4 is 0 Å². The van der Waals surface area contributed by atoms with E-state index in [4.69, 9.17) is 4.52 Å². The molecule has 8 heteroatoms. The van der Waals surface area contributed by atoms with Gasteiger partial charge in [0.2, 0.25) is 5.89 Å². The Kier molecular flexibility index (Phi) is 5.04. The van der Waals surface area contributed by atoms with Crippen LogP contribution in [0.4, 0.5) is 0 Å². The topological polar surface area (TPSA) is 83.5 Å². The van der Waals surface area contributed by atoms with E-state index in [0.717, 1.165) is 26.2 Å². The molecule has 1 aliphatic heterocycles. The fourth-order valence-corrected chi connectivity index (χ4v) is 2.95. The van der Waals surface area contributed by atoms with E-state index < -0.39 is 6.10 Å². The predicted octanol–water partition coefficient (Wildman–Crippen LogP) is 0.314. The van der Waals surface area contributed by atoms with Crippen molar-refractivity contribution in [1.82, 2.24) is 29.7 Å². The molecule has 1 aliphatic rings. The van der Waals surface area contributed by atoms with Crippen molar-refractivity contribution < 1.29 is 9.63 Å². The number of hydrogen-bond donors (Lipinski definition) is 1. The van der Waals surface area contributed by atoms with Crippen molar-refractivity contribution in [2.75, 3.05) is 32.7 Å². The number of aryl methyl sites for hydroxylation is 1. The van der Waals surface area contributed by atoms with Crippen LogP contribution in [0.3, 0.4) is 0 Å². The van der Waals surface area contributed by atoms with Crippen LogP contribution in [0.5, 0.6) is 0 Å². The third-order valence-corrected chi connectivity index (χ3v) is 4.28. The lowest BCUT2D eigenvalue weighted by atomic mass is 10.2. The maximum absolute atomic E-state index is 10.2. The quantitative estimate of drug-likeness (QED) is 0.820. The molecule has 2 aromatic rings. The zero-order chi connectivity index (χ0) is 16.2. The van der Waals surface area contributed by atoms with Crippen LogP contribution in [0.2, 0.25) is 0 Å². The molecule has 2 atom stereocenters. The molecule has 0 saturated carbocycles. The lowest BCUT2D eigenvalue weighted by molar-refractivity contribution is 0.0459. The van der Waals surface area contributed by atoms with E-state index >= 15 is 0 Å². The first-order valence-electron chi connectivity index (χ1n) is 8.04. The number of aliphatic hydroxyl groups is 1. The summed E-state index contributed by atoms with van der Waals surface area (Å²) < 4.78 is 7.03. The molecule has 1 saturated heterocycles. The Balaban J connectivity index is 1.44. The molecule has 8 nitrogen and oxygen atoms in total. The Morgan fingerprint density at radius 1 is 1.26 bits per heavy atom. The second-order valence-electron chi connectivity index (χ2n) is 6.07. The molecule has 0 radical (unpaired) electrons. The van der Waals surface area contributed by atoms with E-state index in [1.807, 2.05) is 19.2 Å². The summed E-state index contributed by atoms with van der Waals surface area (Å²) >= 11 is 0. The zero-order valence-electron chi connectivity index (χ0n) is 13.7. The second kappa shape index (κ2) is 7.20. The van der Waals surface area contributed by atoms with Gasteiger partial charge >= 0.3 is 0 Å². The Hall–Kier alpha value is -1.77. The van der Waals surface area contributed by atoms with E-state index in [1.54, 1.807) is 10.9 Å². The van der Waals surface area contributed by atoms with Gasteiger partial charge in [0, 0.05) is 45.1 Å². The predicted molar refractivity (Wildman–Crippen MR) is 83.7 cm³/mol. The van der Waals surface area contributed by atoms with E-state index in [2.05, 4.69) is 32.0 Å². The molecule has 0 aromatic carbocycles. The fraction of sp³-hybridized carbons (Fsp3) is 0.667. The summed E-state index contributed by atoms with van der Waals surface area (Å²) in [5.74, 6) is 1.35. The van der Waals surface area contributed by atoms with Gasteiger partial charge in [-0.2, -0.15) is 10.1 Å². The van der Waals surface area contributed by atoms with Crippen molar-refractivity contribution in [1.29, 1.82) is 0 Å². The van der Waals surface area contributed by atoms with E-state index in [9.17, 15) is 5.11 Å². The highest BCUT2D eigenvalue weighted by atomic mass is 16.5. The zero-order valence-corrected chi connectivity index (χ0v) is 13.7. The van der Waals surface area contributed by atoms with Crippen LogP contribution in [-0.2, 0) is 6.54 Å². The van der Waals surface area contributed by atoms with Crippen LogP contribution in [0.15, 0.2) is 23.0 Å². The summed E-state index contributed by atoms with van der Waals surface area (Å²) in [6.07, 6.45) is 3.19. The van der Waals surface area contributed by atoms with E-state index in [0.29, 0.717) is 24.8 Å². The highest BCUT2D eigenvalue weighted by Crippen LogP contribution is 2.20. The monoisotopic (exact) mass is 320 g/mol. The molecule has 0 unspecified atom stereocenters. The van der Waals surface area contributed by atoms with Crippen molar-refractivity contribution in [3.8, 4) is 0 Å². The van der Waals surface area contributed by atoms with Gasteiger partial charge in [0.15, 0.2) is 5.82 Å². The molecule has 1 N–H and O–H groups in total. The third-order valence-electron chi connectivity index (χ3n) is 4.28. The Labute approximate surface area is 135 Å². The Morgan fingerprint density at radius 3 is 2.65 bits per heavy atom. The highest BCUT2D eigenvalue weighted by molar-refractivity contribution is 4.92. The van der Waals surface area contributed by atoms with Crippen LogP contribution >= 0.6 is 0 Å². The molecule has 0 spiro atoms. The molecule has 2 aromatic heterocycles. The first-order valence-corrected chi connectivity index (χ1v) is 8.04. The smallest absolute Gasteiger partial charge is 0.243 e. The summed E-state index contributed by atoms with van der Waals surface area (Å²) in [7, 11) is 0. The second-order valence-corrected chi connectivity index (χ2v) is 6.07. The normalized spacial score (nSPS) is 19.8. The van der Waals surface area contributed by atoms with Gasteiger partial charge < -0.3 is 9.63 Å². The minimum atomic E-state index is -0.405. The van der Waals surface area contributed by atoms with Gasteiger partial charge in [-0.15, -0.1) is 0 Å². The molecule has 0 bridgehead atoms. The summed E-state index contributed by atoms with van der Waals surface area (Å²) in [5, 5.41) is 18.2. The van der Waals surface area contributed by atoms with Crippen LogP contribution in [-0.4, -0.2) is 73.7 Å². The summed E-state index contributed by atoms with van der Waals surface area (Å²) in [4.78, 5) is 8.94. The van der Waals surface area contributed by atoms with Crippen molar-refractivity contribution in [3.05, 3.63) is 30.2 Å². The molecule has 1 fully saturated rings. The maximum atomic E-state index is 10.2. The largest absolute Gasteiger partial charge is 0.390 e. The number of nitrogens with zero attached hydrogens (tertiary/aromatic N) is 6. The number of rotatable bonds is 6. The van der Waals surface area contributed by atoms with Crippen LogP contribution in [0.1, 0.15) is 24.7 Å². The number of piperazine rings is 1. The van der Waals surface area contributed by atoms with E-state index in [1.165, 1.54) is 0 Å². The number of β-amino-alcohol motifs (C(OH)–C–C–N with tert-alkyl or cyclic N) is 1. The SMILES string of the molecule is Cc1noc([C@@H](C)N2CCN(C[C@H](O)Cn3cccn3)CC2)n1. The minimum absolute atomic E-state index is 0.132. The van der Waals surface area contributed by atoms with Gasteiger partial charge in [-0.3, -0.25) is 14.5 Å². The average Bonchev–Trinajstić information content (AvgIpc) is 3.19. The molecule has 0 aliphatic carbocycles. The summed E-state index contributed by atoms with van der Waals surface area (Å²) in [5.41, 5.74) is 0. The molecule has 23 heavy (non-hydrogen) atoms. The summed E-state index contributed by atoms with van der Waals surface area (Å²) in [6.45, 7) is 8.83. The van der Waals surface area contributed by atoms with Crippen molar-refractivity contribution in [3.63, 3.8) is 0 Å². The standard InChI is InChI=1S/C15H24N6O2/c1-12(15-17-13(2)18-23-15)20-8-6-19(7-9-20)10-14(22)11-21-5-3-4-16-21/h3-5,12,14,22H,6-11H2,1-2H3/t12-,14+/m1/s1. The van der Waals surface area contributed by atoms with Gasteiger partial charge in [-0.25, -0.2) is 0 Å². The van der Waals surface area contributed by atoms with Gasteiger partial charge in [0.05, 0.1) is 18.7 Å². The average molecular weight is 320 g/mol. The summed E-state index contributed by atoms with van der Waals surface area (Å²) in [6, 6.07) is 2.00. The van der Waals surface area contributed by atoms with Crippen molar-refractivity contribution in [2.24, 2.45) is 0 Å². The fourth-order valence-electron chi connectivity index (χ4n) is 2.95. The molecule has 3 rings (SSSR count). The lowest BCUT2D eigenvalue weighted by Gasteiger charge is -2.37. The van der Waals surface area contributed by atoms with Crippen LogP contribution in [0.25, 0.3) is 0 Å². The van der Waals surface area contributed by atoms with Gasteiger partial charge in [-0.05, 0) is 19.9 Å². The van der Waals surface area contributed by atoms with Crippen molar-refractivity contribution in [2.45, 2.75) is 32.5 Å². The Bertz CT molecular complexity index is 591. The molecule has 0 amide bonds. The third kappa shape index (κ3) is 4.15.